The predicted octanol–water partition coefficient (Wildman–Crippen LogP) is 1.39. The van der Waals surface area contributed by atoms with E-state index in [-0.39, 0.29) is 11.3 Å². The van der Waals surface area contributed by atoms with Gasteiger partial charge in [0.2, 0.25) is 5.91 Å². The molecule has 0 unspecified atom stereocenters. The van der Waals surface area contributed by atoms with Gasteiger partial charge in [-0.1, -0.05) is 23.7 Å². The normalized spacial score (nSPS) is 22.0. The number of piperazine rings is 1. The van der Waals surface area contributed by atoms with E-state index in [1.165, 1.54) is 0 Å². The van der Waals surface area contributed by atoms with Crippen LogP contribution in [0.3, 0.4) is 0 Å². The minimum absolute atomic E-state index is 0.285. The van der Waals surface area contributed by atoms with Crippen LogP contribution in [0.4, 0.5) is 0 Å². The van der Waals surface area contributed by atoms with Crippen LogP contribution < -0.4 is 10.6 Å². The third kappa shape index (κ3) is 2.93. The second kappa shape index (κ2) is 6.34. The largest absolute Gasteiger partial charge is 0.339 e. The Bertz CT molecular complexity index is 491. The summed E-state index contributed by atoms with van der Waals surface area (Å²) in [6.07, 6.45) is 1.72. The molecule has 2 aliphatic rings. The number of halogens is 1. The maximum Gasteiger partial charge on any atom is 0.233 e. The van der Waals surface area contributed by atoms with Crippen molar-refractivity contribution in [2.75, 3.05) is 39.3 Å². The molecule has 114 valence electrons. The molecule has 1 aromatic carbocycles. The van der Waals surface area contributed by atoms with Crippen molar-refractivity contribution in [1.29, 1.82) is 0 Å². The molecule has 0 radical (unpaired) electrons. The van der Waals surface area contributed by atoms with Gasteiger partial charge in [-0.2, -0.15) is 0 Å². The highest BCUT2D eigenvalue weighted by atomic mass is 35.5. The zero-order valence-electron chi connectivity index (χ0n) is 12.2. The topological polar surface area (TPSA) is 44.4 Å². The van der Waals surface area contributed by atoms with Crippen molar-refractivity contribution in [3.63, 3.8) is 0 Å². The van der Waals surface area contributed by atoms with E-state index in [9.17, 15) is 4.79 Å². The summed E-state index contributed by atoms with van der Waals surface area (Å²) in [5.74, 6) is 0.285. The van der Waals surface area contributed by atoms with Crippen molar-refractivity contribution >= 4 is 17.5 Å². The monoisotopic (exact) mass is 307 g/mol. The van der Waals surface area contributed by atoms with Gasteiger partial charge in [-0.15, -0.1) is 0 Å². The zero-order valence-corrected chi connectivity index (χ0v) is 13.0. The number of carbonyl (C=O) groups excluding carboxylic acids is 1. The van der Waals surface area contributed by atoms with E-state index in [1.54, 1.807) is 0 Å². The fraction of sp³-hybridized carbons (Fsp3) is 0.562. The summed E-state index contributed by atoms with van der Waals surface area (Å²) in [5.41, 5.74) is 0.727. The molecule has 4 nitrogen and oxygen atoms in total. The molecule has 2 heterocycles. The highest BCUT2D eigenvalue weighted by Crippen LogP contribution is 2.36. The molecule has 0 saturated carbocycles. The van der Waals surface area contributed by atoms with Crippen molar-refractivity contribution in [2.24, 2.45) is 0 Å². The van der Waals surface area contributed by atoms with Crippen molar-refractivity contribution in [3.8, 4) is 0 Å². The molecule has 1 aromatic rings. The first-order valence-electron chi connectivity index (χ1n) is 7.69. The number of nitrogens with zero attached hydrogens (tertiary/aromatic N) is 1. The van der Waals surface area contributed by atoms with Gasteiger partial charge in [-0.25, -0.2) is 0 Å². The van der Waals surface area contributed by atoms with Crippen LogP contribution >= 0.6 is 11.6 Å². The molecule has 1 amide bonds. The quantitative estimate of drug-likeness (QED) is 0.868. The molecule has 2 fully saturated rings. The fourth-order valence-electron chi connectivity index (χ4n) is 3.42. The van der Waals surface area contributed by atoms with Crippen molar-refractivity contribution < 1.29 is 4.79 Å². The Hall–Kier alpha value is -1.10. The summed E-state index contributed by atoms with van der Waals surface area (Å²) in [7, 11) is 0. The Kier molecular flexibility index (Phi) is 4.48. The van der Waals surface area contributed by atoms with Gasteiger partial charge in [0.1, 0.15) is 0 Å². The highest BCUT2D eigenvalue weighted by molar-refractivity contribution is 6.30. The number of rotatable bonds is 2. The van der Waals surface area contributed by atoms with Crippen LogP contribution in [0.5, 0.6) is 0 Å². The number of carbonyl (C=O) groups is 1. The van der Waals surface area contributed by atoms with Gasteiger partial charge in [-0.3, -0.25) is 4.79 Å². The summed E-state index contributed by atoms with van der Waals surface area (Å²) in [5, 5.41) is 7.40. The molecule has 5 heteroatoms. The number of hydrogen-bond acceptors (Lipinski definition) is 3. The molecule has 0 aromatic heterocycles. The first-order valence-corrected chi connectivity index (χ1v) is 8.07. The molecule has 0 spiro atoms. The van der Waals surface area contributed by atoms with Gasteiger partial charge in [0.25, 0.3) is 0 Å². The van der Waals surface area contributed by atoms with E-state index < -0.39 is 0 Å². The van der Waals surface area contributed by atoms with E-state index >= 15 is 0 Å². The summed E-state index contributed by atoms with van der Waals surface area (Å²) < 4.78 is 0. The minimum atomic E-state index is -0.382. The third-order valence-electron chi connectivity index (χ3n) is 4.67. The molecule has 3 rings (SSSR count). The lowest BCUT2D eigenvalue weighted by Gasteiger charge is -2.41. The summed E-state index contributed by atoms with van der Waals surface area (Å²) in [4.78, 5) is 15.2. The third-order valence-corrected chi connectivity index (χ3v) is 4.92. The molecular weight excluding hydrogens is 286 g/mol. The van der Waals surface area contributed by atoms with Crippen LogP contribution in [-0.4, -0.2) is 50.1 Å². The highest BCUT2D eigenvalue weighted by Gasteiger charge is 2.43. The Morgan fingerprint density at radius 1 is 1.00 bits per heavy atom. The van der Waals surface area contributed by atoms with Gasteiger partial charge in [-0.05, 0) is 43.6 Å². The number of amides is 1. The van der Waals surface area contributed by atoms with E-state index in [2.05, 4.69) is 10.6 Å². The average molecular weight is 308 g/mol. The smallest absolute Gasteiger partial charge is 0.233 e. The van der Waals surface area contributed by atoms with Crippen molar-refractivity contribution in [1.82, 2.24) is 15.5 Å². The first kappa shape index (κ1) is 14.8. The lowest BCUT2D eigenvalue weighted by atomic mass is 9.72. The summed E-state index contributed by atoms with van der Waals surface area (Å²) in [6, 6.07) is 7.83. The van der Waals surface area contributed by atoms with Crippen LogP contribution in [0.1, 0.15) is 18.4 Å². The van der Waals surface area contributed by atoms with Crippen LogP contribution in [0, 0.1) is 0 Å². The van der Waals surface area contributed by atoms with Crippen molar-refractivity contribution in [2.45, 2.75) is 18.3 Å². The zero-order chi connectivity index (χ0) is 14.7. The van der Waals surface area contributed by atoms with E-state index in [4.69, 9.17) is 11.6 Å². The molecule has 2 saturated heterocycles. The van der Waals surface area contributed by atoms with Gasteiger partial charge in [0, 0.05) is 31.2 Å². The van der Waals surface area contributed by atoms with Gasteiger partial charge in [0.15, 0.2) is 0 Å². The molecule has 0 aliphatic carbocycles. The van der Waals surface area contributed by atoms with Crippen LogP contribution in [-0.2, 0) is 10.2 Å². The Morgan fingerprint density at radius 2 is 1.57 bits per heavy atom. The molecule has 21 heavy (non-hydrogen) atoms. The van der Waals surface area contributed by atoms with Gasteiger partial charge >= 0.3 is 0 Å². The molecular formula is C16H22ClN3O. The maximum atomic E-state index is 13.2. The van der Waals surface area contributed by atoms with Gasteiger partial charge in [0.05, 0.1) is 5.41 Å². The van der Waals surface area contributed by atoms with Crippen LogP contribution in [0.2, 0.25) is 5.02 Å². The molecule has 0 atom stereocenters. The first-order chi connectivity index (χ1) is 10.2. The molecule has 2 N–H and O–H groups in total. The van der Waals surface area contributed by atoms with Crippen LogP contribution in [0.15, 0.2) is 24.3 Å². The van der Waals surface area contributed by atoms with E-state index in [0.29, 0.717) is 0 Å². The second-order valence-electron chi connectivity index (χ2n) is 5.88. The van der Waals surface area contributed by atoms with Crippen LogP contribution in [0.25, 0.3) is 0 Å². The SMILES string of the molecule is O=C(N1CCNCC1)C1(c2ccc(Cl)cc2)CCNCC1. The van der Waals surface area contributed by atoms with E-state index in [1.807, 2.05) is 29.2 Å². The summed E-state index contributed by atoms with van der Waals surface area (Å²) >= 11 is 6.01. The molecule has 2 aliphatic heterocycles. The Morgan fingerprint density at radius 3 is 2.19 bits per heavy atom. The second-order valence-corrected chi connectivity index (χ2v) is 6.32. The van der Waals surface area contributed by atoms with Gasteiger partial charge < -0.3 is 15.5 Å². The number of piperidine rings is 1. The van der Waals surface area contributed by atoms with Crippen molar-refractivity contribution in [3.05, 3.63) is 34.9 Å². The number of hydrogen-bond donors (Lipinski definition) is 2. The maximum absolute atomic E-state index is 13.2. The molecule has 0 bridgehead atoms. The number of benzene rings is 1. The summed E-state index contributed by atoms with van der Waals surface area (Å²) in [6.45, 7) is 5.17. The lowest BCUT2D eigenvalue weighted by Crippen LogP contribution is -2.56. The Balaban J connectivity index is 1.92. The Labute approximate surface area is 130 Å². The standard InChI is InChI=1S/C16H22ClN3O/c17-14-3-1-13(2-4-14)16(5-7-18-8-6-16)15(21)20-11-9-19-10-12-20/h1-4,18-19H,5-12H2. The van der Waals surface area contributed by atoms with E-state index in [0.717, 1.165) is 62.7 Å². The number of nitrogens with one attached hydrogen (secondary N) is 2. The predicted molar refractivity (Wildman–Crippen MR) is 84.7 cm³/mol. The average Bonchev–Trinajstić information content (AvgIpc) is 2.56. The minimum Gasteiger partial charge on any atom is -0.339 e. The fourth-order valence-corrected chi connectivity index (χ4v) is 3.55. The lowest BCUT2D eigenvalue weighted by molar-refractivity contribution is -0.139.